The maximum atomic E-state index is 5.88. The first kappa shape index (κ1) is 8.27. The number of anilines is 1. The molecule has 1 aromatic carbocycles. The third-order valence-electron chi connectivity index (χ3n) is 2.02. The molecule has 3 heteroatoms. The Bertz CT molecular complexity index is 301. The fourth-order valence-electron chi connectivity index (χ4n) is 1.34. The predicted molar refractivity (Wildman–Crippen MR) is 55.2 cm³/mol. The van der Waals surface area contributed by atoms with Gasteiger partial charge in [-0.2, -0.15) is 0 Å². The van der Waals surface area contributed by atoms with Gasteiger partial charge >= 0.3 is 0 Å². The van der Waals surface area contributed by atoms with Crippen molar-refractivity contribution >= 4 is 29.1 Å². The standard InChI is InChI=1S/C9H10ClNS/c1-2-11-6-12-9-5-7(10)3-4-8(9)11/h3-5H,2,6H2,1H3. The van der Waals surface area contributed by atoms with E-state index in [9.17, 15) is 0 Å². The van der Waals surface area contributed by atoms with E-state index in [1.54, 1.807) is 0 Å². The number of rotatable bonds is 1. The molecule has 1 aliphatic heterocycles. The van der Waals surface area contributed by atoms with Gasteiger partial charge in [0.25, 0.3) is 0 Å². The van der Waals surface area contributed by atoms with Crippen LogP contribution in [-0.4, -0.2) is 12.4 Å². The Morgan fingerprint density at radius 3 is 3.17 bits per heavy atom. The quantitative estimate of drug-likeness (QED) is 0.683. The molecular formula is C9H10ClNS. The van der Waals surface area contributed by atoms with E-state index in [2.05, 4.69) is 17.9 Å². The lowest BCUT2D eigenvalue weighted by Crippen LogP contribution is -2.17. The van der Waals surface area contributed by atoms with Crippen molar-refractivity contribution in [1.29, 1.82) is 0 Å². The lowest BCUT2D eigenvalue weighted by atomic mass is 10.3. The molecule has 0 fully saturated rings. The highest BCUT2D eigenvalue weighted by molar-refractivity contribution is 7.99. The van der Waals surface area contributed by atoms with Crippen molar-refractivity contribution in [2.75, 3.05) is 17.3 Å². The van der Waals surface area contributed by atoms with Gasteiger partial charge < -0.3 is 4.90 Å². The first-order chi connectivity index (χ1) is 5.81. The Kier molecular flexibility index (Phi) is 2.20. The summed E-state index contributed by atoms with van der Waals surface area (Å²) < 4.78 is 0. The summed E-state index contributed by atoms with van der Waals surface area (Å²) in [4.78, 5) is 3.65. The molecule has 1 nitrogen and oxygen atoms in total. The Labute approximate surface area is 81.7 Å². The van der Waals surface area contributed by atoms with Crippen molar-refractivity contribution in [2.24, 2.45) is 0 Å². The summed E-state index contributed by atoms with van der Waals surface area (Å²) in [5, 5.41) is 0.833. The van der Waals surface area contributed by atoms with Crippen LogP contribution in [0.5, 0.6) is 0 Å². The molecule has 0 saturated heterocycles. The molecule has 0 aromatic heterocycles. The maximum Gasteiger partial charge on any atom is 0.0686 e. The van der Waals surface area contributed by atoms with Gasteiger partial charge in [-0.3, -0.25) is 0 Å². The van der Waals surface area contributed by atoms with E-state index in [0.29, 0.717) is 0 Å². The minimum atomic E-state index is 0.833. The maximum absolute atomic E-state index is 5.88. The minimum Gasteiger partial charge on any atom is -0.361 e. The van der Waals surface area contributed by atoms with Gasteiger partial charge in [0.05, 0.1) is 11.6 Å². The second kappa shape index (κ2) is 3.19. The van der Waals surface area contributed by atoms with Crippen molar-refractivity contribution in [3.8, 4) is 0 Å². The molecule has 0 radical (unpaired) electrons. The zero-order valence-corrected chi connectivity index (χ0v) is 8.45. The second-order valence-corrected chi connectivity index (χ2v) is 4.16. The molecule has 64 valence electrons. The lowest BCUT2D eigenvalue weighted by Gasteiger charge is -2.14. The average molecular weight is 200 g/mol. The molecule has 1 aliphatic rings. The number of benzene rings is 1. The van der Waals surface area contributed by atoms with Crippen LogP contribution in [0, 0.1) is 0 Å². The highest BCUT2D eigenvalue weighted by Gasteiger charge is 2.17. The van der Waals surface area contributed by atoms with E-state index in [1.807, 2.05) is 23.9 Å². The highest BCUT2D eigenvalue weighted by atomic mass is 35.5. The zero-order chi connectivity index (χ0) is 8.55. The Morgan fingerprint density at radius 2 is 2.42 bits per heavy atom. The van der Waals surface area contributed by atoms with Crippen molar-refractivity contribution < 1.29 is 0 Å². The molecule has 0 bridgehead atoms. The molecular weight excluding hydrogens is 190 g/mol. The normalized spacial score (nSPS) is 15.0. The molecule has 0 unspecified atom stereocenters. The van der Waals surface area contributed by atoms with Crippen molar-refractivity contribution in [1.82, 2.24) is 0 Å². The molecule has 12 heavy (non-hydrogen) atoms. The molecule has 1 aromatic rings. The van der Waals surface area contributed by atoms with E-state index >= 15 is 0 Å². The van der Waals surface area contributed by atoms with Gasteiger partial charge in [0.1, 0.15) is 0 Å². The summed E-state index contributed by atoms with van der Waals surface area (Å²) in [5.41, 5.74) is 1.33. The van der Waals surface area contributed by atoms with Crippen molar-refractivity contribution in [3.63, 3.8) is 0 Å². The molecule has 0 atom stereocenters. The number of hydrogen-bond donors (Lipinski definition) is 0. The first-order valence-electron chi connectivity index (χ1n) is 3.98. The third kappa shape index (κ3) is 1.29. The largest absolute Gasteiger partial charge is 0.361 e. The molecule has 0 saturated carbocycles. The summed E-state index contributed by atoms with van der Waals surface area (Å²) in [6, 6.07) is 6.09. The van der Waals surface area contributed by atoms with Crippen LogP contribution in [0.2, 0.25) is 5.02 Å². The SMILES string of the molecule is CCN1CSc2cc(Cl)ccc21. The van der Waals surface area contributed by atoms with E-state index in [1.165, 1.54) is 10.6 Å². The summed E-state index contributed by atoms with van der Waals surface area (Å²) >= 11 is 7.74. The van der Waals surface area contributed by atoms with E-state index in [-0.39, 0.29) is 0 Å². The topological polar surface area (TPSA) is 3.24 Å². The van der Waals surface area contributed by atoms with Gasteiger partial charge in [-0.25, -0.2) is 0 Å². The fraction of sp³-hybridized carbons (Fsp3) is 0.333. The first-order valence-corrected chi connectivity index (χ1v) is 5.35. The smallest absolute Gasteiger partial charge is 0.0686 e. The van der Waals surface area contributed by atoms with Crippen LogP contribution in [0.3, 0.4) is 0 Å². The Balaban J connectivity index is 2.40. The molecule has 1 heterocycles. The van der Waals surface area contributed by atoms with Crippen LogP contribution >= 0.6 is 23.4 Å². The van der Waals surface area contributed by atoms with Crippen LogP contribution in [0.4, 0.5) is 5.69 Å². The van der Waals surface area contributed by atoms with Crippen LogP contribution in [0.1, 0.15) is 6.92 Å². The van der Waals surface area contributed by atoms with Crippen LogP contribution < -0.4 is 4.90 Å². The molecule has 0 N–H and O–H groups in total. The highest BCUT2D eigenvalue weighted by Crippen LogP contribution is 2.39. The third-order valence-corrected chi connectivity index (χ3v) is 3.33. The van der Waals surface area contributed by atoms with Gasteiger partial charge in [-0.05, 0) is 25.1 Å². The van der Waals surface area contributed by atoms with Crippen molar-refractivity contribution in [3.05, 3.63) is 23.2 Å². The number of halogens is 1. The number of thioether (sulfide) groups is 1. The van der Waals surface area contributed by atoms with Crippen LogP contribution in [0.15, 0.2) is 23.1 Å². The Morgan fingerprint density at radius 1 is 1.58 bits per heavy atom. The molecule has 0 aliphatic carbocycles. The fourth-order valence-corrected chi connectivity index (χ4v) is 2.75. The molecule has 2 rings (SSSR count). The van der Waals surface area contributed by atoms with Crippen LogP contribution in [-0.2, 0) is 0 Å². The number of hydrogen-bond acceptors (Lipinski definition) is 2. The zero-order valence-electron chi connectivity index (χ0n) is 6.88. The van der Waals surface area contributed by atoms with Gasteiger partial charge in [0.2, 0.25) is 0 Å². The average Bonchev–Trinajstić information content (AvgIpc) is 2.46. The molecule has 0 amide bonds. The summed E-state index contributed by atoms with van der Waals surface area (Å²) in [6.45, 7) is 3.24. The van der Waals surface area contributed by atoms with E-state index < -0.39 is 0 Å². The Hall–Kier alpha value is -0.340. The van der Waals surface area contributed by atoms with Gasteiger partial charge in [0.15, 0.2) is 0 Å². The molecule has 0 spiro atoms. The second-order valence-electron chi connectivity index (χ2n) is 2.74. The van der Waals surface area contributed by atoms with E-state index in [0.717, 1.165) is 17.4 Å². The van der Waals surface area contributed by atoms with Crippen LogP contribution in [0.25, 0.3) is 0 Å². The number of nitrogens with zero attached hydrogens (tertiary/aromatic N) is 1. The van der Waals surface area contributed by atoms with Gasteiger partial charge in [0, 0.05) is 16.5 Å². The van der Waals surface area contributed by atoms with E-state index in [4.69, 9.17) is 11.6 Å². The summed E-state index contributed by atoms with van der Waals surface area (Å²) in [7, 11) is 0. The lowest BCUT2D eigenvalue weighted by molar-refractivity contribution is 0.951. The number of fused-ring (bicyclic) bond motifs is 1. The summed E-state index contributed by atoms with van der Waals surface area (Å²) in [5.74, 6) is 1.06. The van der Waals surface area contributed by atoms with Crippen molar-refractivity contribution in [2.45, 2.75) is 11.8 Å². The van der Waals surface area contributed by atoms with Gasteiger partial charge in [-0.15, -0.1) is 11.8 Å². The van der Waals surface area contributed by atoms with Gasteiger partial charge in [-0.1, -0.05) is 11.6 Å². The summed E-state index contributed by atoms with van der Waals surface area (Å²) in [6.07, 6.45) is 0. The predicted octanol–water partition coefficient (Wildman–Crippen LogP) is 3.23. The minimum absolute atomic E-state index is 0.833. The monoisotopic (exact) mass is 199 g/mol.